The molecule has 0 aliphatic heterocycles. The number of amides is 1. The molecule has 0 bridgehead atoms. The van der Waals surface area contributed by atoms with Crippen molar-refractivity contribution in [3.63, 3.8) is 0 Å². The van der Waals surface area contributed by atoms with Crippen LogP contribution in [0.5, 0.6) is 0 Å². The lowest BCUT2D eigenvalue weighted by molar-refractivity contribution is -0.870. The van der Waals surface area contributed by atoms with Gasteiger partial charge in [-0.25, -0.2) is 0 Å². The van der Waals surface area contributed by atoms with Gasteiger partial charge in [0, 0.05) is 6.42 Å². The van der Waals surface area contributed by atoms with Crippen LogP contribution in [-0.2, 0) is 18.4 Å². The molecule has 0 aromatic carbocycles. The molecule has 2 N–H and O–H groups in total. The van der Waals surface area contributed by atoms with E-state index in [9.17, 15) is 19.4 Å². The molecular weight excluding hydrogens is 599 g/mol. The average Bonchev–Trinajstić information content (AvgIpc) is 2.99. The number of aliphatic hydroxyl groups excluding tert-OH is 1. The molecule has 0 aliphatic carbocycles. The Balaban J connectivity index is 4.33. The Labute approximate surface area is 281 Å². The van der Waals surface area contributed by atoms with Crippen LogP contribution in [0.15, 0.2) is 60.8 Å². The van der Waals surface area contributed by atoms with Gasteiger partial charge in [0.25, 0.3) is 7.82 Å². The van der Waals surface area contributed by atoms with E-state index < -0.39 is 26.6 Å². The summed E-state index contributed by atoms with van der Waals surface area (Å²) < 4.78 is 22.9. The SMILES string of the molecule is CC/C=C\C/C=C\C/C=C\C/C=C\CCCCCCCCC(=O)NC(COP(=O)([O-])OCC[N+](C)(C)C)C(O)/C=C/CCCCC. The lowest BCUT2D eigenvalue weighted by atomic mass is 10.1. The molecule has 0 aliphatic rings. The van der Waals surface area contributed by atoms with Gasteiger partial charge in [-0.1, -0.05) is 113 Å². The van der Waals surface area contributed by atoms with E-state index in [1.165, 1.54) is 12.8 Å². The summed E-state index contributed by atoms with van der Waals surface area (Å²) in [6, 6.07) is -0.891. The van der Waals surface area contributed by atoms with Gasteiger partial charge in [-0.05, 0) is 57.8 Å². The predicted octanol–water partition coefficient (Wildman–Crippen LogP) is 8.10. The first-order chi connectivity index (χ1) is 22.0. The van der Waals surface area contributed by atoms with Gasteiger partial charge in [0.1, 0.15) is 13.2 Å². The summed E-state index contributed by atoms with van der Waals surface area (Å²) in [5.41, 5.74) is 0. The van der Waals surface area contributed by atoms with Crippen LogP contribution in [-0.4, -0.2) is 68.5 Å². The minimum atomic E-state index is -4.57. The second kappa shape index (κ2) is 29.3. The second-order valence-corrected chi connectivity index (χ2v) is 14.3. The number of aliphatic hydroxyl groups is 1. The number of phosphoric ester groups is 1. The van der Waals surface area contributed by atoms with E-state index in [4.69, 9.17) is 9.05 Å². The Bertz CT molecular complexity index is 939. The van der Waals surface area contributed by atoms with Crippen molar-refractivity contribution in [3.05, 3.63) is 60.8 Å². The molecule has 0 radical (unpaired) electrons. The Morgan fingerprint density at radius 2 is 1.33 bits per heavy atom. The van der Waals surface area contributed by atoms with Crippen LogP contribution in [0.3, 0.4) is 0 Å². The van der Waals surface area contributed by atoms with Gasteiger partial charge in [0.2, 0.25) is 5.91 Å². The highest BCUT2D eigenvalue weighted by Crippen LogP contribution is 2.38. The molecule has 3 atom stereocenters. The largest absolute Gasteiger partial charge is 0.756 e. The number of carbonyl (C=O) groups is 1. The van der Waals surface area contributed by atoms with Crippen molar-refractivity contribution < 1.29 is 32.9 Å². The zero-order valence-electron chi connectivity index (χ0n) is 29.7. The van der Waals surface area contributed by atoms with Crippen molar-refractivity contribution in [1.29, 1.82) is 0 Å². The molecule has 0 rings (SSSR count). The van der Waals surface area contributed by atoms with E-state index in [1.54, 1.807) is 6.08 Å². The smallest absolute Gasteiger partial charge is 0.268 e. The summed E-state index contributed by atoms with van der Waals surface area (Å²) in [7, 11) is 1.23. The Hall–Kier alpha value is -1.80. The first kappa shape index (κ1) is 44.2. The number of likely N-dealkylation sites (N-methyl/N-ethyl adjacent to an activating group) is 1. The van der Waals surface area contributed by atoms with Crippen molar-refractivity contribution >= 4 is 13.7 Å². The van der Waals surface area contributed by atoms with Gasteiger partial charge >= 0.3 is 0 Å². The minimum Gasteiger partial charge on any atom is -0.756 e. The number of allylic oxidation sites excluding steroid dienone is 9. The Morgan fingerprint density at radius 1 is 0.783 bits per heavy atom. The van der Waals surface area contributed by atoms with Crippen molar-refractivity contribution in [1.82, 2.24) is 5.32 Å². The van der Waals surface area contributed by atoms with Gasteiger partial charge in [0.15, 0.2) is 0 Å². The Morgan fingerprint density at radius 3 is 1.93 bits per heavy atom. The van der Waals surface area contributed by atoms with Gasteiger partial charge in [-0.15, -0.1) is 0 Å². The highest BCUT2D eigenvalue weighted by atomic mass is 31.2. The lowest BCUT2D eigenvalue weighted by Gasteiger charge is -2.29. The van der Waals surface area contributed by atoms with E-state index in [-0.39, 0.29) is 12.5 Å². The number of carbonyl (C=O) groups excluding carboxylic acids is 1. The molecular formula is C37H67N2O6P. The summed E-state index contributed by atoms with van der Waals surface area (Å²) in [4.78, 5) is 24.9. The number of hydrogen-bond donors (Lipinski definition) is 2. The Kier molecular flexibility index (Phi) is 28.2. The first-order valence-electron chi connectivity index (χ1n) is 17.7. The number of nitrogens with zero attached hydrogens (tertiary/aromatic N) is 1. The zero-order valence-corrected chi connectivity index (χ0v) is 30.6. The molecule has 1 amide bonds. The maximum Gasteiger partial charge on any atom is 0.268 e. The van der Waals surface area contributed by atoms with Crippen LogP contribution in [0, 0.1) is 0 Å². The number of hydrogen-bond acceptors (Lipinski definition) is 6. The molecule has 0 heterocycles. The first-order valence-corrected chi connectivity index (χ1v) is 19.1. The van der Waals surface area contributed by atoms with E-state index >= 15 is 0 Å². The fourth-order valence-corrected chi connectivity index (χ4v) is 5.10. The van der Waals surface area contributed by atoms with Gasteiger partial charge in [-0.2, -0.15) is 0 Å². The number of nitrogens with one attached hydrogen (secondary N) is 1. The summed E-state index contributed by atoms with van der Waals surface area (Å²) in [5.74, 6) is -0.224. The van der Waals surface area contributed by atoms with Crippen LogP contribution >= 0.6 is 7.82 Å². The van der Waals surface area contributed by atoms with Crippen LogP contribution in [0.2, 0.25) is 0 Å². The third-order valence-electron chi connectivity index (χ3n) is 7.23. The molecule has 0 aromatic heterocycles. The highest BCUT2D eigenvalue weighted by Gasteiger charge is 2.23. The zero-order chi connectivity index (χ0) is 34.4. The molecule has 0 aromatic rings. The van der Waals surface area contributed by atoms with Gasteiger partial charge < -0.3 is 28.8 Å². The molecule has 3 unspecified atom stereocenters. The standard InChI is InChI=1S/C37H67N2O6P/c1-6-8-10-12-13-14-15-16-17-18-19-20-21-22-23-24-25-27-29-31-37(41)38-35(36(40)30-28-26-11-9-7-2)34-45-46(42,43)44-33-32-39(3,4)5/h8,10,13-14,16-17,19-20,28,30,35-36,40H,6-7,9,11-12,15,18,21-27,29,31-34H2,1-5H3,(H-,38,41,42,43)/b10-8-,14-13-,17-16-,20-19-,30-28+. The molecule has 46 heavy (non-hydrogen) atoms. The molecule has 0 spiro atoms. The maximum absolute atomic E-state index is 12.7. The third-order valence-corrected chi connectivity index (χ3v) is 8.20. The highest BCUT2D eigenvalue weighted by molar-refractivity contribution is 7.45. The summed E-state index contributed by atoms with van der Waals surface area (Å²) in [6.07, 6.45) is 35.9. The number of rotatable bonds is 30. The average molecular weight is 667 g/mol. The maximum atomic E-state index is 12.7. The summed E-state index contributed by atoms with van der Waals surface area (Å²) >= 11 is 0. The molecule has 266 valence electrons. The van der Waals surface area contributed by atoms with Crippen molar-refractivity contribution in [3.8, 4) is 0 Å². The summed E-state index contributed by atoms with van der Waals surface area (Å²) in [5, 5.41) is 13.5. The minimum absolute atomic E-state index is 0.00831. The topological polar surface area (TPSA) is 108 Å². The molecule has 8 nitrogen and oxygen atoms in total. The van der Waals surface area contributed by atoms with Crippen LogP contribution < -0.4 is 10.2 Å². The van der Waals surface area contributed by atoms with Gasteiger partial charge in [-0.3, -0.25) is 9.36 Å². The van der Waals surface area contributed by atoms with E-state index in [1.807, 2.05) is 27.2 Å². The van der Waals surface area contributed by atoms with E-state index in [0.29, 0.717) is 17.4 Å². The van der Waals surface area contributed by atoms with Crippen molar-refractivity contribution in [2.24, 2.45) is 0 Å². The van der Waals surface area contributed by atoms with Crippen molar-refractivity contribution in [2.75, 3.05) is 40.9 Å². The lowest BCUT2D eigenvalue weighted by Crippen LogP contribution is -2.45. The van der Waals surface area contributed by atoms with Crippen LogP contribution in [0.4, 0.5) is 0 Å². The predicted molar refractivity (Wildman–Crippen MR) is 191 cm³/mol. The second-order valence-electron chi connectivity index (χ2n) is 12.8. The molecule has 0 saturated heterocycles. The molecule has 0 saturated carbocycles. The van der Waals surface area contributed by atoms with E-state index in [0.717, 1.165) is 83.5 Å². The fourth-order valence-electron chi connectivity index (χ4n) is 4.37. The third kappa shape index (κ3) is 30.8. The van der Waals surface area contributed by atoms with Crippen LogP contribution in [0.1, 0.15) is 117 Å². The molecule has 0 fully saturated rings. The number of phosphoric acid groups is 1. The summed E-state index contributed by atoms with van der Waals surface area (Å²) in [6.45, 7) is 4.36. The quantitative estimate of drug-likeness (QED) is 0.0347. The van der Waals surface area contributed by atoms with Crippen LogP contribution in [0.25, 0.3) is 0 Å². The molecule has 9 heteroatoms. The van der Waals surface area contributed by atoms with Gasteiger partial charge in [0.05, 0.1) is 39.9 Å². The monoisotopic (exact) mass is 666 g/mol. The fraction of sp³-hybridized carbons (Fsp3) is 0.703. The number of quaternary nitrogens is 1. The normalized spacial score (nSPS) is 15.5. The van der Waals surface area contributed by atoms with E-state index in [2.05, 4.69) is 67.8 Å². The van der Waals surface area contributed by atoms with Crippen molar-refractivity contribution in [2.45, 2.75) is 129 Å². The number of unbranched alkanes of at least 4 members (excludes halogenated alkanes) is 9.